The number of carbonyl (C=O) groups is 1. The Balaban J connectivity index is 2.27. The Labute approximate surface area is 163 Å². The molecule has 6 nitrogen and oxygen atoms in total. The fourth-order valence-electron chi connectivity index (χ4n) is 2.89. The van der Waals surface area contributed by atoms with Gasteiger partial charge in [-0.15, -0.1) is 0 Å². The molecule has 0 aliphatic heterocycles. The van der Waals surface area contributed by atoms with Gasteiger partial charge in [-0.3, -0.25) is 0 Å². The number of halogens is 3. The molecule has 0 spiro atoms. The molecular weight excluding hydrogens is 391 g/mol. The van der Waals surface area contributed by atoms with Crippen LogP contribution in [0.4, 0.5) is 13.2 Å². The van der Waals surface area contributed by atoms with Gasteiger partial charge in [-0.1, -0.05) is 6.07 Å². The molecule has 3 rings (SSSR count). The zero-order chi connectivity index (χ0) is 21.3. The summed E-state index contributed by atoms with van der Waals surface area (Å²) in [6.07, 6.45) is -4.54. The maximum absolute atomic E-state index is 13.0. The Bertz CT molecular complexity index is 1100. The first-order chi connectivity index (χ1) is 13.7. The number of ether oxygens (including phenoxy) is 3. The van der Waals surface area contributed by atoms with Crippen LogP contribution in [-0.2, 0) is 6.18 Å². The smallest absolute Gasteiger partial charge is 0.416 e. The number of carboxylic acid groups (broad SMARTS) is 1. The van der Waals surface area contributed by atoms with Crippen molar-refractivity contribution in [3.8, 4) is 23.1 Å². The summed E-state index contributed by atoms with van der Waals surface area (Å²) in [5, 5.41) is 9.85. The number of alkyl halides is 3. The molecule has 0 aliphatic carbocycles. The van der Waals surface area contributed by atoms with E-state index in [0.717, 1.165) is 12.1 Å². The Morgan fingerprint density at radius 1 is 1.10 bits per heavy atom. The van der Waals surface area contributed by atoms with E-state index in [0.29, 0.717) is 10.9 Å². The summed E-state index contributed by atoms with van der Waals surface area (Å²) < 4.78 is 55.2. The number of rotatable bonds is 5. The molecule has 0 bridgehead atoms. The van der Waals surface area contributed by atoms with Gasteiger partial charge < -0.3 is 19.3 Å². The van der Waals surface area contributed by atoms with E-state index in [1.807, 2.05) is 0 Å². The van der Waals surface area contributed by atoms with Gasteiger partial charge in [0.15, 0.2) is 11.5 Å². The summed E-state index contributed by atoms with van der Waals surface area (Å²) >= 11 is 0. The average molecular weight is 407 g/mol. The minimum absolute atomic E-state index is 0.0439. The molecular formula is C20H16F3NO5. The molecule has 2 aromatic carbocycles. The second-order valence-electron chi connectivity index (χ2n) is 6.09. The van der Waals surface area contributed by atoms with Gasteiger partial charge in [0.25, 0.3) is 0 Å². The first kappa shape index (κ1) is 20.2. The van der Waals surface area contributed by atoms with Gasteiger partial charge in [-0.2, -0.15) is 13.2 Å². The number of pyridine rings is 1. The van der Waals surface area contributed by atoms with E-state index in [4.69, 9.17) is 14.2 Å². The molecule has 0 aliphatic rings. The molecule has 0 saturated heterocycles. The Kier molecular flexibility index (Phi) is 5.23. The lowest BCUT2D eigenvalue weighted by molar-refractivity contribution is -0.137. The lowest BCUT2D eigenvalue weighted by Crippen LogP contribution is -2.06. The lowest BCUT2D eigenvalue weighted by Gasteiger charge is -2.17. The molecule has 1 heterocycles. The largest absolute Gasteiger partial charge is 0.493 e. The molecule has 1 aromatic heterocycles. The number of methoxy groups -OCH3 is 2. The number of hydrogen-bond acceptors (Lipinski definition) is 5. The van der Waals surface area contributed by atoms with E-state index in [2.05, 4.69) is 4.98 Å². The number of fused-ring (bicyclic) bond motifs is 1. The summed E-state index contributed by atoms with van der Waals surface area (Å²) in [5.41, 5.74) is -0.417. The molecule has 0 unspecified atom stereocenters. The molecule has 0 saturated carbocycles. The third-order valence-electron chi connectivity index (χ3n) is 4.22. The standard InChI is InChI=1S/C20H16F3NO5/c1-10-7-15(28-3)24-17-13(19(25)26)9-14(27-2)18(16(10)17)29-12-6-4-5-11(8-12)20(21,22)23/h4-9H,1-3H3,(H,25,26). The molecule has 0 atom stereocenters. The molecule has 9 heteroatoms. The molecule has 3 aromatic rings. The van der Waals surface area contributed by atoms with Crippen LogP contribution >= 0.6 is 0 Å². The van der Waals surface area contributed by atoms with Gasteiger partial charge in [0, 0.05) is 12.1 Å². The van der Waals surface area contributed by atoms with Crippen LogP contribution in [-0.4, -0.2) is 30.3 Å². The number of carboxylic acids is 1. The number of benzene rings is 2. The van der Waals surface area contributed by atoms with Crippen molar-refractivity contribution in [1.82, 2.24) is 4.98 Å². The lowest BCUT2D eigenvalue weighted by atomic mass is 10.0. The first-order valence-corrected chi connectivity index (χ1v) is 8.30. The zero-order valence-corrected chi connectivity index (χ0v) is 15.6. The highest BCUT2D eigenvalue weighted by atomic mass is 19.4. The summed E-state index contributed by atoms with van der Waals surface area (Å²) in [4.78, 5) is 15.9. The van der Waals surface area contributed by atoms with Gasteiger partial charge in [-0.25, -0.2) is 9.78 Å². The summed E-state index contributed by atoms with van der Waals surface area (Å²) in [5.74, 6) is -1.05. The van der Waals surface area contributed by atoms with Crippen LogP contribution in [0.1, 0.15) is 21.5 Å². The number of hydrogen-bond donors (Lipinski definition) is 1. The van der Waals surface area contributed by atoms with Crippen molar-refractivity contribution in [2.75, 3.05) is 14.2 Å². The third kappa shape index (κ3) is 3.89. The fourth-order valence-corrected chi connectivity index (χ4v) is 2.89. The minimum atomic E-state index is -4.54. The van der Waals surface area contributed by atoms with Crippen molar-refractivity contribution >= 4 is 16.9 Å². The number of aromatic carboxylic acids is 1. The maximum atomic E-state index is 13.0. The van der Waals surface area contributed by atoms with Gasteiger partial charge in [0.05, 0.1) is 36.2 Å². The quantitative estimate of drug-likeness (QED) is 0.636. The van der Waals surface area contributed by atoms with Crippen molar-refractivity contribution < 1.29 is 37.3 Å². The molecule has 152 valence electrons. The van der Waals surface area contributed by atoms with Gasteiger partial charge >= 0.3 is 12.1 Å². The van der Waals surface area contributed by atoms with Gasteiger partial charge in [-0.05, 0) is 30.7 Å². The van der Waals surface area contributed by atoms with Crippen molar-refractivity contribution in [1.29, 1.82) is 0 Å². The SMILES string of the molecule is COc1cc(C)c2c(Oc3cccc(C(F)(F)F)c3)c(OC)cc(C(=O)O)c2n1. The topological polar surface area (TPSA) is 77.9 Å². The highest BCUT2D eigenvalue weighted by Gasteiger charge is 2.31. The predicted molar refractivity (Wildman–Crippen MR) is 98.1 cm³/mol. The Morgan fingerprint density at radius 2 is 1.83 bits per heavy atom. The normalized spacial score (nSPS) is 11.4. The van der Waals surface area contributed by atoms with Crippen LogP contribution in [0.25, 0.3) is 10.9 Å². The predicted octanol–water partition coefficient (Wildman–Crippen LogP) is 5.07. The maximum Gasteiger partial charge on any atom is 0.416 e. The van der Waals surface area contributed by atoms with Gasteiger partial charge in [0.1, 0.15) is 5.75 Å². The number of aromatic nitrogens is 1. The molecule has 0 amide bonds. The fraction of sp³-hybridized carbons (Fsp3) is 0.200. The van der Waals surface area contributed by atoms with Crippen LogP contribution < -0.4 is 14.2 Å². The van der Waals surface area contributed by atoms with Crippen molar-refractivity contribution in [2.24, 2.45) is 0 Å². The Hall–Kier alpha value is -3.49. The van der Waals surface area contributed by atoms with E-state index in [1.54, 1.807) is 13.0 Å². The monoisotopic (exact) mass is 407 g/mol. The first-order valence-electron chi connectivity index (χ1n) is 8.30. The van der Waals surface area contributed by atoms with Crippen LogP contribution in [0.3, 0.4) is 0 Å². The second kappa shape index (κ2) is 7.50. The van der Waals surface area contributed by atoms with Gasteiger partial charge in [0.2, 0.25) is 5.88 Å². The number of nitrogens with zero attached hydrogens (tertiary/aromatic N) is 1. The van der Waals surface area contributed by atoms with E-state index in [9.17, 15) is 23.1 Å². The highest BCUT2D eigenvalue weighted by Crippen LogP contribution is 2.43. The van der Waals surface area contributed by atoms with Crippen LogP contribution in [0, 0.1) is 6.92 Å². The van der Waals surface area contributed by atoms with Crippen molar-refractivity contribution in [2.45, 2.75) is 13.1 Å². The average Bonchev–Trinajstić information content (AvgIpc) is 2.67. The van der Waals surface area contributed by atoms with E-state index >= 15 is 0 Å². The highest BCUT2D eigenvalue weighted by molar-refractivity contribution is 6.06. The third-order valence-corrected chi connectivity index (χ3v) is 4.22. The zero-order valence-electron chi connectivity index (χ0n) is 15.6. The van der Waals surface area contributed by atoms with Crippen LogP contribution in [0.2, 0.25) is 0 Å². The summed E-state index contributed by atoms with van der Waals surface area (Å²) in [6.45, 7) is 1.68. The van der Waals surface area contributed by atoms with Crippen molar-refractivity contribution in [3.05, 3.63) is 53.1 Å². The summed E-state index contributed by atoms with van der Waals surface area (Å²) in [6, 6.07) is 7.12. The Morgan fingerprint density at radius 3 is 2.41 bits per heavy atom. The van der Waals surface area contributed by atoms with E-state index in [1.165, 1.54) is 32.4 Å². The summed E-state index contributed by atoms with van der Waals surface area (Å²) in [7, 11) is 2.69. The number of aryl methyl sites for hydroxylation is 1. The van der Waals surface area contributed by atoms with Crippen LogP contribution in [0.5, 0.6) is 23.1 Å². The van der Waals surface area contributed by atoms with E-state index in [-0.39, 0.29) is 34.2 Å². The minimum Gasteiger partial charge on any atom is -0.493 e. The molecule has 29 heavy (non-hydrogen) atoms. The molecule has 1 N–H and O–H groups in total. The van der Waals surface area contributed by atoms with E-state index < -0.39 is 17.7 Å². The molecule has 0 fully saturated rings. The second-order valence-corrected chi connectivity index (χ2v) is 6.09. The van der Waals surface area contributed by atoms with Crippen LogP contribution in [0.15, 0.2) is 36.4 Å². The molecule has 0 radical (unpaired) electrons. The van der Waals surface area contributed by atoms with Crippen molar-refractivity contribution in [3.63, 3.8) is 0 Å².